The van der Waals surface area contributed by atoms with Gasteiger partial charge in [-0.2, -0.15) is 0 Å². The number of carboxylic acids is 1. The molecule has 3 N–H and O–H groups in total. The molecule has 0 aliphatic rings. The number of amides is 2. The predicted octanol–water partition coefficient (Wildman–Crippen LogP) is 3.14. The lowest BCUT2D eigenvalue weighted by Crippen LogP contribution is -2.25. The Morgan fingerprint density at radius 2 is 1.70 bits per heavy atom. The van der Waals surface area contributed by atoms with Gasteiger partial charge >= 0.3 is 5.97 Å². The van der Waals surface area contributed by atoms with Gasteiger partial charge in [-0.1, -0.05) is 0 Å². The number of nitrogens with one attached hydrogen (secondary N) is 2. The Hall–Kier alpha value is -3.09. The first kappa shape index (κ1) is 20.2. The lowest BCUT2D eigenvalue weighted by molar-refractivity contribution is -0.136. The molecular weight excluding hydrogens is 346 g/mol. The number of carboxylic acid groups (broad SMARTS) is 1. The second-order valence-electron chi connectivity index (χ2n) is 6.68. The van der Waals surface area contributed by atoms with Crippen molar-refractivity contribution in [3.8, 4) is 0 Å². The standard InChI is InChI=1S/C20H25N3O4/c1-12(2)23-13(3)11-17(14(23)4)20(27)22-16-7-5-15(6-8-16)19(26)21-10-9-18(24)25/h5-8,11-12H,9-10H2,1-4H3,(H,21,26)(H,22,27)(H,24,25). The Labute approximate surface area is 158 Å². The normalized spacial score (nSPS) is 10.7. The summed E-state index contributed by atoms with van der Waals surface area (Å²) in [5, 5.41) is 14.0. The molecule has 0 unspecified atom stereocenters. The monoisotopic (exact) mass is 371 g/mol. The van der Waals surface area contributed by atoms with E-state index in [0.717, 1.165) is 11.4 Å². The highest BCUT2D eigenvalue weighted by atomic mass is 16.4. The van der Waals surface area contributed by atoms with Crippen molar-refractivity contribution in [1.82, 2.24) is 9.88 Å². The van der Waals surface area contributed by atoms with Gasteiger partial charge in [0, 0.05) is 35.2 Å². The van der Waals surface area contributed by atoms with Gasteiger partial charge in [0.05, 0.1) is 12.0 Å². The van der Waals surface area contributed by atoms with Crippen LogP contribution < -0.4 is 10.6 Å². The topological polar surface area (TPSA) is 100 Å². The van der Waals surface area contributed by atoms with Crippen LogP contribution in [0.2, 0.25) is 0 Å². The van der Waals surface area contributed by atoms with Crippen LogP contribution in [0.25, 0.3) is 0 Å². The molecule has 144 valence electrons. The molecule has 2 aromatic rings. The molecule has 7 nitrogen and oxygen atoms in total. The molecule has 2 amide bonds. The molecule has 0 fully saturated rings. The Morgan fingerprint density at radius 3 is 2.22 bits per heavy atom. The van der Waals surface area contributed by atoms with Gasteiger partial charge in [0.1, 0.15) is 0 Å². The van der Waals surface area contributed by atoms with Crippen LogP contribution in [0.4, 0.5) is 5.69 Å². The van der Waals surface area contributed by atoms with Crippen molar-refractivity contribution in [2.45, 2.75) is 40.2 Å². The number of anilines is 1. The maximum atomic E-state index is 12.6. The number of nitrogens with zero attached hydrogens (tertiary/aromatic N) is 1. The highest BCUT2D eigenvalue weighted by Crippen LogP contribution is 2.21. The number of benzene rings is 1. The predicted molar refractivity (Wildman–Crippen MR) is 103 cm³/mol. The summed E-state index contributed by atoms with van der Waals surface area (Å²) >= 11 is 0. The van der Waals surface area contributed by atoms with Crippen molar-refractivity contribution in [2.75, 3.05) is 11.9 Å². The molecule has 0 saturated heterocycles. The molecule has 0 aliphatic heterocycles. The third-order valence-electron chi connectivity index (χ3n) is 4.27. The summed E-state index contributed by atoms with van der Waals surface area (Å²) in [4.78, 5) is 35.0. The Bertz CT molecular complexity index is 851. The first-order chi connectivity index (χ1) is 12.7. The molecule has 0 spiro atoms. The lowest BCUT2D eigenvalue weighted by Gasteiger charge is -2.13. The molecule has 0 radical (unpaired) electrons. The van der Waals surface area contributed by atoms with E-state index in [-0.39, 0.29) is 30.8 Å². The van der Waals surface area contributed by atoms with Gasteiger partial charge in [-0.15, -0.1) is 0 Å². The molecule has 1 aromatic heterocycles. The fourth-order valence-corrected chi connectivity index (χ4v) is 3.09. The van der Waals surface area contributed by atoms with E-state index in [1.807, 2.05) is 19.9 Å². The fourth-order valence-electron chi connectivity index (χ4n) is 3.09. The van der Waals surface area contributed by atoms with Gasteiger partial charge in [0.25, 0.3) is 11.8 Å². The van der Waals surface area contributed by atoms with Crippen molar-refractivity contribution < 1.29 is 19.5 Å². The van der Waals surface area contributed by atoms with Crippen LogP contribution in [0.3, 0.4) is 0 Å². The molecule has 0 atom stereocenters. The van der Waals surface area contributed by atoms with Crippen LogP contribution in [0.5, 0.6) is 0 Å². The zero-order chi connectivity index (χ0) is 20.1. The number of carbonyl (C=O) groups excluding carboxylic acids is 2. The first-order valence-corrected chi connectivity index (χ1v) is 8.80. The number of hydrogen-bond acceptors (Lipinski definition) is 3. The molecule has 27 heavy (non-hydrogen) atoms. The molecule has 2 rings (SSSR count). The summed E-state index contributed by atoms with van der Waals surface area (Å²) in [5.41, 5.74) is 3.54. The Balaban J connectivity index is 2.04. The molecular formula is C20H25N3O4. The zero-order valence-electron chi connectivity index (χ0n) is 16.0. The largest absolute Gasteiger partial charge is 0.481 e. The van der Waals surface area contributed by atoms with Crippen LogP contribution in [-0.2, 0) is 4.79 Å². The molecule has 1 heterocycles. The Morgan fingerprint density at radius 1 is 1.07 bits per heavy atom. The summed E-state index contributed by atoms with van der Waals surface area (Å²) in [6.07, 6.45) is -0.130. The van der Waals surface area contributed by atoms with Crippen LogP contribution in [0.15, 0.2) is 30.3 Å². The van der Waals surface area contributed by atoms with E-state index < -0.39 is 5.97 Å². The molecule has 0 saturated carbocycles. The van der Waals surface area contributed by atoms with Crippen LogP contribution in [-0.4, -0.2) is 34.0 Å². The molecule has 0 aliphatic carbocycles. The average molecular weight is 371 g/mol. The average Bonchev–Trinajstić information content (AvgIpc) is 2.89. The van der Waals surface area contributed by atoms with Crippen molar-refractivity contribution in [2.24, 2.45) is 0 Å². The van der Waals surface area contributed by atoms with E-state index >= 15 is 0 Å². The summed E-state index contributed by atoms with van der Waals surface area (Å²) in [7, 11) is 0. The number of rotatable bonds is 7. The lowest BCUT2D eigenvalue weighted by atomic mass is 10.1. The van der Waals surface area contributed by atoms with Gasteiger partial charge in [0.15, 0.2) is 0 Å². The van der Waals surface area contributed by atoms with Crippen LogP contribution in [0.1, 0.15) is 58.4 Å². The van der Waals surface area contributed by atoms with Crippen molar-refractivity contribution >= 4 is 23.5 Å². The number of carbonyl (C=O) groups is 3. The van der Waals surface area contributed by atoms with Gasteiger partial charge in [0.2, 0.25) is 0 Å². The van der Waals surface area contributed by atoms with Crippen LogP contribution >= 0.6 is 0 Å². The molecule has 1 aromatic carbocycles. The minimum atomic E-state index is -0.967. The smallest absolute Gasteiger partial charge is 0.305 e. The van der Waals surface area contributed by atoms with Crippen molar-refractivity contribution in [1.29, 1.82) is 0 Å². The van der Waals surface area contributed by atoms with E-state index in [1.54, 1.807) is 24.3 Å². The molecule has 0 bridgehead atoms. The number of aliphatic carboxylic acids is 1. The SMILES string of the molecule is Cc1cc(C(=O)Nc2ccc(C(=O)NCCC(=O)O)cc2)c(C)n1C(C)C. The third kappa shape index (κ3) is 4.97. The van der Waals surface area contributed by atoms with Gasteiger partial charge < -0.3 is 20.3 Å². The zero-order valence-corrected chi connectivity index (χ0v) is 16.0. The molecule has 7 heteroatoms. The fraction of sp³-hybridized carbons (Fsp3) is 0.350. The van der Waals surface area contributed by atoms with Gasteiger partial charge in [-0.05, 0) is 58.0 Å². The minimum Gasteiger partial charge on any atom is -0.481 e. The number of hydrogen-bond donors (Lipinski definition) is 3. The van der Waals surface area contributed by atoms with Crippen molar-refractivity contribution in [3.63, 3.8) is 0 Å². The second-order valence-corrected chi connectivity index (χ2v) is 6.68. The first-order valence-electron chi connectivity index (χ1n) is 8.80. The Kier molecular flexibility index (Phi) is 6.39. The minimum absolute atomic E-state index is 0.0676. The number of aryl methyl sites for hydroxylation is 1. The van der Waals surface area contributed by atoms with E-state index in [2.05, 4.69) is 29.0 Å². The van der Waals surface area contributed by atoms with Crippen LogP contribution in [0, 0.1) is 13.8 Å². The second kappa shape index (κ2) is 8.53. The maximum Gasteiger partial charge on any atom is 0.305 e. The van der Waals surface area contributed by atoms with E-state index in [4.69, 9.17) is 5.11 Å². The van der Waals surface area contributed by atoms with E-state index in [1.165, 1.54) is 0 Å². The highest BCUT2D eigenvalue weighted by Gasteiger charge is 2.17. The van der Waals surface area contributed by atoms with Gasteiger partial charge in [-0.25, -0.2) is 0 Å². The quantitative estimate of drug-likeness (QED) is 0.696. The summed E-state index contributed by atoms with van der Waals surface area (Å²) in [6, 6.07) is 8.60. The summed E-state index contributed by atoms with van der Waals surface area (Å²) < 4.78 is 2.11. The summed E-state index contributed by atoms with van der Waals surface area (Å²) in [6.45, 7) is 8.11. The highest BCUT2D eigenvalue weighted by molar-refractivity contribution is 6.05. The third-order valence-corrected chi connectivity index (χ3v) is 4.27. The number of aromatic nitrogens is 1. The van der Waals surface area contributed by atoms with Gasteiger partial charge in [-0.3, -0.25) is 14.4 Å². The summed E-state index contributed by atoms with van der Waals surface area (Å²) in [5.74, 6) is -1.52. The van der Waals surface area contributed by atoms with E-state index in [0.29, 0.717) is 16.8 Å². The maximum absolute atomic E-state index is 12.6. The van der Waals surface area contributed by atoms with E-state index in [9.17, 15) is 14.4 Å². The van der Waals surface area contributed by atoms with Crippen molar-refractivity contribution in [3.05, 3.63) is 52.8 Å².